The number of hydrogen-bond donors (Lipinski definition) is 0. The summed E-state index contributed by atoms with van der Waals surface area (Å²) in [6, 6.07) is 22.0. The number of carbonyl (C=O) groups is 3. The molecule has 0 aliphatic rings. The highest BCUT2D eigenvalue weighted by Gasteiger charge is 2.15. The van der Waals surface area contributed by atoms with Gasteiger partial charge in [0, 0.05) is 5.56 Å². The molecular formula is C26H22N2O5S. The molecule has 0 radical (unpaired) electrons. The molecule has 0 bridgehead atoms. The molecule has 0 aliphatic carbocycles. The molecule has 1 heterocycles. The number of aromatic nitrogens is 1. The number of fused-ring (bicyclic) bond motifs is 1. The molecular weight excluding hydrogens is 452 g/mol. The normalized spacial score (nSPS) is 11.4. The lowest BCUT2D eigenvalue weighted by molar-refractivity contribution is -0.143. The molecule has 0 spiro atoms. The van der Waals surface area contributed by atoms with Crippen molar-refractivity contribution in [3.63, 3.8) is 0 Å². The van der Waals surface area contributed by atoms with E-state index in [0.717, 1.165) is 11.1 Å². The highest BCUT2D eigenvalue weighted by molar-refractivity contribution is 7.16. The molecule has 0 N–H and O–H groups in total. The fourth-order valence-electron chi connectivity index (χ4n) is 3.48. The molecule has 0 aliphatic heterocycles. The second-order valence-corrected chi connectivity index (χ2v) is 8.32. The zero-order valence-electron chi connectivity index (χ0n) is 18.7. The van der Waals surface area contributed by atoms with Crippen LogP contribution in [0, 0.1) is 0 Å². The number of hydrogen-bond acceptors (Lipinski definition) is 6. The minimum absolute atomic E-state index is 0.107. The van der Waals surface area contributed by atoms with E-state index < -0.39 is 17.8 Å². The Bertz CT molecular complexity index is 1420. The van der Waals surface area contributed by atoms with Crippen LogP contribution >= 0.6 is 11.3 Å². The maximum absolute atomic E-state index is 13.0. The number of ether oxygens (including phenoxy) is 2. The van der Waals surface area contributed by atoms with Gasteiger partial charge in [-0.15, -0.1) is 0 Å². The molecule has 3 aromatic carbocycles. The molecule has 0 saturated heterocycles. The summed E-state index contributed by atoms with van der Waals surface area (Å²) < 4.78 is 12.2. The Balaban J connectivity index is 1.73. The van der Waals surface area contributed by atoms with Crippen molar-refractivity contribution in [2.24, 2.45) is 4.99 Å². The number of benzene rings is 3. The Morgan fingerprint density at radius 2 is 1.59 bits per heavy atom. The predicted octanol–water partition coefficient (Wildman–Crippen LogP) is 4.46. The summed E-state index contributed by atoms with van der Waals surface area (Å²) in [5.74, 6) is -1.35. The Labute approximate surface area is 199 Å². The van der Waals surface area contributed by atoms with E-state index >= 15 is 0 Å². The molecule has 0 unspecified atom stereocenters. The van der Waals surface area contributed by atoms with Crippen LogP contribution in [0.5, 0.6) is 0 Å². The number of thiazole rings is 1. The summed E-state index contributed by atoms with van der Waals surface area (Å²) in [4.78, 5) is 41.7. The van der Waals surface area contributed by atoms with E-state index in [2.05, 4.69) is 4.99 Å². The van der Waals surface area contributed by atoms with Crippen LogP contribution in [0.3, 0.4) is 0 Å². The van der Waals surface area contributed by atoms with Crippen LogP contribution in [-0.4, -0.2) is 36.1 Å². The molecule has 172 valence electrons. The molecule has 7 nitrogen and oxygen atoms in total. The Hall–Kier alpha value is -4.04. The van der Waals surface area contributed by atoms with E-state index in [0.29, 0.717) is 26.1 Å². The van der Waals surface area contributed by atoms with Crippen LogP contribution in [0.2, 0.25) is 0 Å². The number of nitrogens with zero attached hydrogens (tertiary/aromatic N) is 2. The fourth-order valence-corrected chi connectivity index (χ4v) is 4.55. The van der Waals surface area contributed by atoms with E-state index in [-0.39, 0.29) is 13.2 Å². The Morgan fingerprint density at radius 3 is 2.26 bits per heavy atom. The number of rotatable bonds is 6. The van der Waals surface area contributed by atoms with Crippen molar-refractivity contribution in [3.8, 4) is 11.1 Å². The lowest BCUT2D eigenvalue weighted by atomic mass is 10.0. The molecule has 0 atom stereocenters. The topological polar surface area (TPSA) is 87.0 Å². The molecule has 1 amide bonds. The van der Waals surface area contributed by atoms with Gasteiger partial charge in [0.05, 0.1) is 29.5 Å². The van der Waals surface area contributed by atoms with Gasteiger partial charge in [-0.2, -0.15) is 4.99 Å². The van der Waals surface area contributed by atoms with E-state index in [9.17, 15) is 14.4 Å². The number of amides is 1. The standard InChI is InChI=1S/C26H22N2O5S/c1-3-33-23(29)16-28-21-14-13-20(25(31)32-2)15-22(21)34-26(28)27-24(30)19-11-9-18(10-12-19)17-7-5-4-6-8-17/h4-15H,3,16H2,1-2H3. The average Bonchev–Trinajstić information content (AvgIpc) is 3.20. The lowest BCUT2D eigenvalue weighted by Crippen LogP contribution is -2.23. The van der Waals surface area contributed by atoms with Crippen LogP contribution in [0.1, 0.15) is 27.6 Å². The van der Waals surface area contributed by atoms with Gasteiger partial charge in [0.2, 0.25) is 0 Å². The molecule has 8 heteroatoms. The van der Waals surface area contributed by atoms with Crippen molar-refractivity contribution in [2.75, 3.05) is 13.7 Å². The smallest absolute Gasteiger partial charge is 0.337 e. The first-order chi connectivity index (χ1) is 16.5. The number of methoxy groups -OCH3 is 1. The third-order valence-electron chi connectivity index (χ3n) is 5.13. The van der Waals surface area contributed by atoms with Crippen molar-refractivity contribution in [2.45, 2.75) is 13.5 Å². The third-order valence-corrected chi connectivity index (χ3v) is 6.17. The van der Waals surface area contributed by atoms with Crippen LogP contribution in [-0.2, 0) is 20.8 Å². The zero-order chi connectivity index (χ0) is 24.1. The van der Waals surface area contributed by atoms with Crippen molar-refractivity contribution < 1.29 is 23.9 Å². The summed E-state index contributed by atoms with van der Waals surface area (Å²) in [6.45, 7) is 1.86. The quantitative estimate of drug-likeness (QED) is 0.385. The average molecular weight is 475 g/mol. The van der Waals surface area contributed by atoms with Gasteiger partial charge in [-0.1, -0.05) is 53.8 Å². The SMILES string of the molecule is CCOC(=O)Cn1c(=NC(=O)c2ccc(-c3ccccc3)cc2)sc2cc(C(=O)OC)ccc21. The number of esters is 2. The first-order valence-electron chi connectivity index (χ1n) is 10.6. The fraction of sp³-hybridized carbons (Fsp3) is 0.154. The lowest BCUT2D eigenvalue weighted by Gasteiger charge is -2.06. The van der Waals surface area contributed by atoms with Crippen molar-refractivity contribution in [1.29, 1.82) is 0 Å². The molecule has 0 saturated carbocycles. The summed E-state index contributed by atoms with van der Waals surface area (Å²) in [5, 5.41) is 0. The van der Waals surface area contributed by atoms with Crippen molar-refractivity contribution >= 4 is 39.4 Å². The summed E-state index contributed by atoms with van der Waals surface area (Å²) >= 11 is 1.21. The van der Waals surface area contributed by atoms with Gasteiger partial charge in [0.25, 0.3) is 5.91 Å². The van der Waals surface area contributed by atoms with Gasteiger partial charge >= 0.3 is 11.9 Å². The van der Waals surface area contributed by atoms with Crippen LogP contribution in [0.25, 0.3) is 21.3 Å². The highest BCUT2D eigenvalue weighted by atomic mass is 32.1. The van der Waals surface area contributed by atoms with Gasteiger partial charge in [0.1, 0.15) is 6.54 Å². The first kappa shape index (κ1) is 23.1. The largest absolute Gasteiger partial charge is 0.465 e. The minimum Gasteiger partial charge on any atom is -0.465 e. The van der Waals surface area contributed by atoms with Gasteiger partial charge < -0.3 is 14.0 Å². The van der Waals surface area contributed by atoms with E-state index in [1.165, 1.54) is 18.4 Å². The molecule has 4 aromatic rings. The summed E-state index contributed by atoms with van der Waals surface area (Å²) in [6.07, 6.45) is 0. The molecule has 4 rings (SSSR count). The second-order valence-electron chi connectivity index (χ2n) is 7.31. The minimum atomic E-state index is -0.472. The molecule has 1 aromatic heterocycles. The molecule has 0 fully saturated rings. The zero-order valence-corrected chi connectivity index (χ0v) is 19.5. The Morgan fingerprint density at radius 1 is 0.912 bits per heavy atom. The van der Waals surface area contributed by atoms with Crippen molar-refractivity contribution in [1.82, 2.24) is 4.57 Å². The predicted molar refractivity (Wildman–Crippen MR) is 130 cm³/mol. The van der Waals surface area contributed by atoms with Gasteiger partial charge in [-0.25, -0.2) is 4.79 Å². The molecule has 34 heavy (non-hydrogen) atoms. The maximum atomic E-state index is 13.0. The third kappa shape index (κ3) is 4.97. The van der Waals surface area contributed by atoms with Gasteiger partial charge in [0.15, 0.2) is 4.80 Å². The second kappa shape index (κ2) is 10.3. The number of carbonyl (C=O) groups excluding carboxylic acids is 3. The van der Waals surface area contributed by atoms with Gasteiger partial charge in [-0.3, -0.25) is 9.59 Å². The first-order valence-corrected chi connectivity index (χ1v) is 11.4. The highest BCUT2D eigenvalue weighted by Crippen LogP contribution is 2.21. The van der Waals surface area contributed by atoms with Crippen molar-refractivity contribution in [3.05, 3.63) is 88.7 Å². The van der Waals surface area contributed by atoms with E-state index in [1.807, 2.05) is 42.5 Å². The summed E-state index contributed by atoms with van der Waals surface area (Å²) in [5.41, 5.74) is 3.50. The van der Waals surface area contributed by atoms with Gasteiger partial charge in [-0.05, 0) is 48.4 Å². The van der Waals surface area contributed by atoms with Crippen LogP contribution in [0.15, 0.2) is 77.8 Å². The monoisotopic (exact) mass is 474 g/mol. The van der Waals surface area contributed by atoms with Crippen LogP contribution in [0.4, 0.5) is 0 Å². The van der Waals surface area contributed by atoms with E-state index in [4.69, 9.17) is 9.47 Å². The van der Waals surface area contributed by atoms with Crippen LogP contribution < -0.4 is 4.80 Å². The van der Waals surface area contributed by atoms with E-state index in [1.54, 1.807) is 41.8 Å². The Kier molecular flexibility index (Phi) is 6.98. The summed E-state index contributed by atoms with van der Waals surface area (Å²) in [7, 11) is 1.31. The maximum Gasteiger partial charge on any atom is 0.337 e.